The van der Waals surface area contributed by atoms with E-state index in [4.69, 9.17) is 9.47 Å². The van der Waals surface area contributed by atoms with Crippen LogP contribution in [-0.2, 0) is 6.42 Å². The Hall–Kier alpha value is -3.31. The molecule has 0 unspecified atom stereocenters. The number of halogens is 1. The molecule has 0 radical (unpaired) electrons. The zero-order valence-corrected chi connectivity index (χ0v) is 22.7. The van der Waals surface area contributed by atoms with Gasteiger partial charge in [0, 0.05) is 19.6 Å². The standard InChI is InChI=1S/C33H38FNO3.CH4/c1-22-19-32(37-3)23(2)18-31(22)30-7-4-6-25-20-26(36)10-13-29(25)33(30)24-8-11-27(12-9-24)38-28-14-17-35(21-28)16-5-15-34;/h8-13,18-20,28,36H,4-7,14-17,21H2,1-3H3;1H4/t28-;/m0./s1. The number of alkyl halides is 1. The third-order valence-electron chi connectivity index (χ3n) is 7.88. The van der Waals surface area contributed by atoms with Crippen molar-refractivity contribution in [1.82, 2.24) is 4.90 Å². The van der Waals surface area contributed by atoms with Gasteiger partial charge in [0.1, 0.15) is 23.4 Å². The molecule has 0 aromatic heterocycles. The Labute approximate surface area is 233 Å². The highest BCUT2D eigenvalue weighted by molar-refractivity contribution is 6.00. The number of phenolic OH excluding ortho intramolecular Hbond substituents is 1. The molecule has 3 aromatic rings. The number of hydrogen-bond donors (Lipinski definition) is 1. The summed E-state index contributed by atoms with van der Waals surface area (Å²) in [7, 11) is 1.72. The molecule has 2 aliphatic rings. The number of methoxy groups -OCH3 is 1. The first-order valence-electron chi connectivity index (χ1n) is 13.7. The van der Waals surface area contributed by atoms with E-state index in [9.17, 15) is 9.50 Å². The molecule has 0 saturated carbocycles. The summed E-state index contributed by atoms with van der Waals surface area (Å²) in [6.45, 7) is 6.59. The van der Waals surface area contributed by atoms with Crippen LogP contribution >= 0.6 is 0 Å². The number of hydrogen-bond acceptors (Lipinski definition) is 4. The average molecular weight is 532 g/mol. The van der Waals surface area contributed by atoms with Crippen LogP contribution < -0.4 is 9.47 Å². The van der Waals surface area contributed by atoms with Crippen LogP contribution in [0.3, 0.4) is 0 Å². The minimum absolute atomic E-state index is 0. The number of benzene rings is 3. The summed E-state index contributed by atoms with van der Waals surface area (Å²) in [6, 6.07) is 18.6. The van der Waals surface area contributed by atoms with E-state index in [1.165, 1.54) is 33.4 Å². The van der Waals surface area contributed by atoms with E-state index in [0.29, 0.717) is 12.2 Å². The van der Waals surface area contributed by atoms with Crippen LogP contribution in [0, 0.1) is 13.8 Å². The van der Waals surface area contributed by atoms with Crippen molar-refractivity contribution in [2.45, 2.75) is 59.5 Å². The number of aryl methyl sites for hydroxylation is 3. The van der Waals surface area contributed by atoms with Crippen molar-refractivity contribution in [3.8, 4) is 17.2 Å². The number of rotatable bonds is 8. The summed E-state index contributed by atoms with van der Waals surface area (Å²) in [6.07, 6.45) is 4.59. The van der Waals surface area contributed by atoms with Crippen LogP contribution in [0.15, 0.2) is 54.6 Å². The van der Waals surface area contributed by atoms with Crippen molar-refractivity contribution < 1.29 is 19.0 Å². The van der Waals surface area contributed by atoms with Crippen LogP contribution in [-0.4, -0.2) is 49.5 Å². The SMILES string of the molecule is C.COc1cc(C)c(C2=C(c3ccc(O[C@H]4CCN(CCCF)C4)cc3)c3ccc(O)cc3CCC2)cc1C. The first kappa shape index (κ1) is 28.7. The van der Waals surface area contributed by atoms with Gasteiger partial charge < -0.3 is 14.6 Å². The average Bonchev–Trinajstić information content (AvgIpc) is 3.28. The first-order valence-corrected chi connectivity index (χ1v) is 13.7. The van der Waals surface area contributed by atoms with Gasteiger partial charge in [-0.3, -0.25) is 9.29 Å². The molecular weight excluding hydrogens is 489 g/mol. The Balaban J connectivity index is 0.00000353. The molecule has 208 valence electrons. The van der Waals surface area contributed by atoms with E-state index in [1.807, 2.05) is 6.07 Å². The maximum absolute atomic E-state index is 12.6. The number of phenols is 1. The number of fused-ring (bicyclic) bond motifs is 1. The van der Waals surface area contributed by atoms with Crippen molar-refractivity contribution in [3.63, 3.8) is 0 Å². The lowest BCUT2D eigenvalue weighted by atomic mass is 9.86. The number of nitrogens with zero attached hydrogens (tertiary/aromatic N) is 1. The van der Waals surface area contributed by atoms with Gasteiger partial charge in [0.15, 0.2) is 0 Å². The molecular formula is C34H42FNO3. The fourth-order valence-electron chi connectivity index (χ4n) is 5.98. The summed E-state index contributed by atoms with van der Waals surface area (Å²) in [5.41, 5.74) is 9.61. The Bertz CT molecular complexity index is 1310. The van der Waals surface area contributed by atoms with Crippen LogP contribution in [0.1, 0.15) is 66.5 Å². The highest BCUT2D eigenvalue weighted by Gasteiger charge is 2.25. The molecule has 1 saturated heterocycles. The monoisotopic (exact) mass is 531 g/mol. The quantitative estimate of drug-likeness (QED) is 0.323. The van der Waals surface area contributed by atoms with Gasteiger partial charge in [0.05, 0.1) is 13.8 Å². The van der Waals surface area contributed by atoms with Gasteiger partial charge >= 0.3 is 0 Å². The van der Waals surface area contributed by atoms with Crippen molar-refractivity contribution in [2.24, 2.45) is 0 Å². The third kappa shape index (κ3) is 6.30. The molecule has 5 rings (SSSR count). The minimum atomic E-state index is -0.264. The molecule has 1 fully saturated rings. The Kier molecular flexibility index (Phi) is 9.34. The van der Waals surface area contributed by atoms with Crippen molar-refractivity contribution >= 4 is 11.1 Å². The second-order valence-electron chi connectivity index (χ2n) is 10.6. The molecule has 1 heterocycles. The Morgan fingerprint density at radius 1 is 0.974 bits per heavy atom. The number of ether oxygens (including phenoxy) is 2. The summed E-state index contributed by atoms with van der Waals surface area (Å²) >= 11 is 0. The van der Waals surface area contributed by atoms with Gasteiger partial charge in [0.25, 0.3) is 0 Å². The van der Waals surface area contributed by atoms with E-state index in [2.05, 4.69) is 61.2 Å². The summed E-state index contributed by atoms with van der Waals surface area (Å²) in [5.74, 6) is 2.08. The topological polar surface area (TPSA) is 41.9 Å². The highest BCUT2D eigenvalue weighted by Crippen LogP contribution is 2.42. The predicted octanol–water partition coefficient (Wildman–Crippen LogP) is 7.76. The maximum Gasteiger partial charge on any atom is 0.122 e. The molecule has 4 nitrogen and oxygen atoms in total. The summed E-state index contributed by atoms with van der Waals surface area (Å²) < 4.78 is 24.5. The van der Waals surface area contributed by atoms with Gasteiger partial charge in [0.2, 0.25) is 0 Å². The predicted molar refractivity (Wildman–Crippen MR) is 159 cm³/mol. The Morgan fingerprint density at radius 2 is 1.77 bits per heavy atom. The van der Waals surface area contributed by atoms with Gasteiger partial charge in [-0.1, -0.05) is 25.6 Å². The van der Waals surface area contributed by atoms with Crippen LogP contribution in [0.4, 0.5) is 4.39 Å². The smallest absolute Gasteiger partial charge is 0.122 e. The third-order valence-corrected chi connectivity index (χ3v) is 7.88. The molecule has 1 atom stereocenters. The summed E-state index contributed by atoms with van der Waals surface area (Å²) in [4.78, 5) is 2.28. The van der Waals surface area contributed by atoms with E-state index in [-0.39, 0.29) is 20.2 Å². The lowest BCUT2D eigenvalue weighted by Crippen LogP contribution is -2.26. The van der Waals surface area contributed by atoms with Crippen LogP contribution in [0.5, 0.6) is 17.2 Å². The molecule has 3 aromatic carbocycles. The number of likely N-dealkylation sites (tertiary alicyclic amines) is 1. The maximum atomic E-state index is 12.6. The highest BCUT2D eigenvalue weighted by atomic mass is 19.1. The normalized spacial score (nSPS) is 17.4. The molecule has 0 amide bonds. The number of aromatic hydroxyl groups is 1. The zero-order valence-electron chi connectivity index (χ0n) is 22.7. The molecule has 39 heavy (non-hydrogen) atoms. The van der Waals surface area contributed by atoms with E-state index in [1.54, 1.807) is 13.2 Å². The summed E-state index contributed by atoms with van der Waals surface area (Å²) in [5, 5.41) is 10.2. The van der Waals surface area contributed by atoms with Gasteiger partial charge in [-0.2, -0.15) is 0 Å². The lowest BCUT2D eigenvalue weighted by Gasteiger charge is -2.20. The minimum Gasteiger partial charge on any atom is -0.508 e. The molecule has 0 bridgehead atoms. The van der Waals surface area contributed by atoms with Crippen molar-refractivity contribution in [1.29, 1.82) is 0 Å². The second kappa shape index (κ2) is 12.7. The first-order chi connectivity index (χ1) is 18.5. The van der Waals surface area contributed by atoms with E-state index < -0.39 is 0 Å². The number of allylic oxidation sites excluding steroid dienone is 1. The van der Waals surface area contributed by atoms with Gasteiger partial charge in [-0.05, 0) is 127 Å². The van der Waals surface area contributed by atoms with Crippen molar-refractivity contribution in [3.05, 3.63) is 88.0 Å². The molecule has 0 spiro atoms. The van der Waals surface area contributed by atoms with Crippen molar-refractivity contribution in [2.75, 3.05) is 33.4 Å². The molecule has 1 N–H and O–H groups in total. The molecule has 1 aliphatic heterocycles. The van der Waals surface area contributed by atoms with Gasteiger partial charge in [-0.15, -0.1) is 0 Å². The van der Waals surface area contributed by atoms with E-state index >= 15 is 0 Å². The van der Waals surface area contributed by atoms with E-state index in [0.717, 1.165) is 67.9 Å². The molecule has 5 heteroatoms. The molecule has 1 aliphatic carbocycles. The second-order valence-corrected chi connectivity index (χ2v) is 10.6. The Morgan fingerprint density at radius 3 is 2.51 bits per heavy atom. The van der Waals surface area contributed by atoms with Crippen LogP contribution in [0.2, 0.25) is 0 Å². The lowest BCUT2D eigenvalue weighted by molar-refractivity contribution is 0.198. The van der Waals surface area contributed by atoms with Gasteiger partial charge in [-0.25, -0.2) is 0 Å². The fourth-order valence-corrected chi connectivity index (χ4v) is 5.98. The zero-order chi connectivity index (χ0) is 26.6. The fraction of sp³-hybridized carbons (Fsp3) is 0.412. The largest absolute Gasteiger partial charge is 0.508 e. The van der Waals surface area contributed by atoms with Crippen LogP contribution in [0.25, 0.3) is 11.1 Å².